The number of nitrogens with one attached hydrogen (secondary N) is 1. The number of rotatable bonds is 6. The Balaban J connectivity index is 3.37. The topological polar surface area (TPSA) is 116 Å². The van der Waals surface area contributed by atoms with Gasteiger partial charge in [-0.2, -0.15) is 0 Å². The average Bonchev–Trinajstić information content (AvgIpc) is 2.10. The van der Waals surface area contributed by atoms with Crippen LogP contribution in [0.5, 0.6) is 0 Å². The van der Waals surface area contributed by atoms with E-state index in [2.05, 4.69) is 10.1 Å². The van der Waals surface area contributed by atoms with Gasteiger partial charge in [0.15, 0.2) is 0 Å². The standard InChI is InChI=1S/C7H18N4O2/c1-13-6(12)5(8)3-2-4-11-7(9)10/h5,7,11H,2-4,8-10H2,1H3/t5-/m0/s1. The highest BCUT2D eigenvalue weighted by Gasteiger charge is 2.12. The minimum absolute atomic E-state index is 0.392. The molecule has 0 aromatic heterocycles. The Morgan fingerprint density at radius 3 is 2.54 bits per heavy atom. The molecule has 6 nitrogen and oxygen atoms in total. The summed E-state index contributed by atoms with van der Waals surface area (Å²) in [4.78, 5) is 10.8. The Morgan fingerprint density at radius 2 is 2.08 bits per heavy atom. The van der Waals surface area contributed by atoms with Gasteiger partial charge in [-0.25, -0.2) is 0 Å². The predicted molar refractivity (Wildman–Crippen MR) is 49.4 cm³/mol. The summed E-state index contributed by atoms with van der Waals surface area (Å²) >= 11 is 0. The molecular formula is C7H18N4O2. The van der Waals surface area contributed by atoms with Crippen LogP contribution in [-0.2, 0) is 9.53 Å². The summed E-state index contributed by atoms with van der Waals surface area (Å²) in [6.07, 6.45) is 0.780. The molecule has 0 heterocycles. The van der Waals surface area contributed by atoms with Crippen molar-refractivity contribution >= 4 is 5.97 Å². The minimum Gasteiger partial charge on any atom is -0.468 e. The molecule has 7 N–H and O–H groups in total. The van der Waals surface area contributed by atoms with Crippen molar-refractivity contribution in [2.24, 2.45) is 17.2 Å². The molecule has 0 aliphatic heterocycles. The van der Waals surface area contributed by atoms with E-state index in [1.807, 2.05) is 0 Å². The fraction of sp³-hybridized carbons (Fsp3) is 0.857. The van der Waals surface area contributed by atoms with E-state index in [-0.39, 0.29) is 0 Å². The summed E-state index contributed by atoms with van der Waals surface area (Å²) < 4.78 is 4.46. The summed E-state index contributed by atoms with van der Waals surface area (Å²) in [5, 5.41) is 2.81. The van der Waals surface area contributed by atoms with Crippen LogP contribution in [-0.4, -0.2) is 32.0 Å². The van der Waals surface area contributed by atoms with Crippen molar-refractivity contribution in [1.29, 1.82) is 0 Å². The smallest absolute Gasteiger partial charge is 0.322 e. The second kappa shape index (κ2) is 6.79. The molecule has 0 fully saturated rings. The first-order valence-corrected chi connectivity index (χ1v) is 4.16. The third-order valence-corrected chi connectivity index (χ3v) is 1.58. The van der Waals surface area contributed by atoms with Crippen LogP contribution in [0.4, 0.5) is 0 Å². The van der Waals surface area contributed by atoms with E-state index in [4.69, 9.17) is 17.2 Å². The first kappa shape index (κ1) is 12.3. The monoisotopic (exact) mass is 190 g/mol. The van der Waals surface area contributed by atoms with Gasteiger partial charge < -0.3 is 21.9 Å². The van der Waals surface area contributed by atoms with E-state index in [1.54, 1.807) is 0 Å². The Labute approximate surface area is 77.8 Å². The van der Waals surface area contributed by atoms with Crippen LogP contribution in [0.25, 0.3) is 0 Å². The molecule has 0 radical (unpaired) electrons. The molecule has 0 unspecified atom stereocenters. The van der Waals surface area contributed by atoms with E-state index >= 15 is 0 Å². The van der Waals surface area contributed by atoms with Crippen molar-refractivity contribution in [3.63, 3.8) is 0 Å². The number of carbonyl (C=O) groups is 1. The van der Waals surface area contributed by atoms with Gasteiger partial charge in [0, 0.05) is 0 Å². The molecule has 0 saturated carbocycles. The molecule has 1 atom stereocenters. The Bertz CT molecular complexity index is 151. The summed E-state index contributed by atoms with van der Waals surface area (Å²) in [6.45, 7) is 0.641. The SMILES string of the molecule is COC(=O)[C@@H](N)CCCNC(N)N. The van der Waals surface area contributed by atoms with Crippen molar-refractivity contribution in [1.82, 2.24) is 5.32 Å². The van der Waals surface area contributed by atoms with Gasteiger partial charge in [-0.1, -0.05) is 0 Å². The Morgan fingerprint density at radius 1 is 1.46 bits per heavy atom. The van der Waals surface area contributed by atoms with Gasteiger partial charge in [0.05, 0.1) is 7.11 Å². The fourth-order valence-corrected chi connectivity index (χ4v) is 0.860. The van der Waals surface area contributed by atoms with E-state index in [1.165, 1.54) is 7.11 Å². The minimum atomic E-state index is -0.555. The second-order valence-electron chi connectivity index (χ2n) is 2.75. The summed E-state index contributed by atoms with van der Waals surface area (Å²) in [5.41, 5.74) is 16.0. The molecule has 0 aromatic carbocycles. The van der Waals surface area contributed by atoms with E-state index < -0.39 is 18.3 Å². The molecule has 6 heteroatoms. The molecule has 0 saturated heterocycles. The third-order valence-electron chi connectivity index (χ3n) is 1.58. The zero-order valence-electron chi connectivity index (χ0n) is 7.82. The van der Waals surface area contributed by atoms with Crippen LogP contribution >= 0.6 is 0 Å². The average molecular weight is 190 g/mol. The lowest BCUT2D eigenvalue weighted by molar-refractivity contribution is -0.142. The van der Waals surface area contributed by atoms with Crippen molar-refractivity contribution < 1.29 is 9.53 Å². The van der Waals surface area contributed by atoms with Crippen LogP contribution in [0.15, 0.2) is 0 Å². The highest BCUT2D eigenvalue weighted by Crippen LogP contribution is 1.94. The van der Waals surface area contributed by atoms with E-state index in [0.717, 1.165) is 6.42 Å². The van der Waals surface area contributed by atoms with Crippen LogP contribution < -0.4 is 22.5 Å². The molecule has 0 spiro atoms. The van der Waals surface area contributed by atoms with Crippen LogP contribution in [0.3, 0.4) is 0 Å². The van der Waals surface area contributed by atoms with Gasteiger partial charge in [0.1, 0.15) is 12.3 Å². The van der Waals surface area contributed by atoms with Crippen molar-refractivity contribution in [3.8, 4) is 0 Å². The Hall–Kier alpha value is -0.690. The number of carbonyl (C=O) groups excluding carboxylic acids is 1. The fourth-order valence-electron chi connectivity index (χ4n) is 0.860. The zero-order chi connectivity index (χ0) is 10.3. The van der Waals surface area contributed by atoms with Crippen LogP contribution in [0, 0.1) is 0 Å². The zero-order valence-corrected chi connectivity index (χ0v) is 7.82. The molecule has 0 amide bonds. The lowest BCUT2D eigenvalue weighted by Crippen LogP contribution is -2.45. The number of ether oxygens (including phenoxy) is 1. The highest BCUT2D eigenvalue weighted by molar-refractivity contribution is 5.75. The van der Waals surface area contributed by atoms with Crippen molar-refractivity contribution in [2.45, 2.75) is 25.2 Å². The van der Waals surface area contributed by atoms with Gasteiger partial charge in [0.2, 0.25) is 0 Å². The maximum absolute atomic E-state index is 10.8. The molecule has 0 aliphatic rings. The maximum Gasteiger partial charge on any atom is 0.322 e. The summed E-state index contributed by atoms with van der Waals surface area (Å²) in [6, 6.07) is -0.555. The molecule has 78 valence electrons. The maximum atomic E-state index is 10.8. The van der Waals surface area contributed by atoms with E-state index in [0.29, 0.717) is 13.0 Å². The molecular weight excluding hydrogens is 172 g/mol. The number of nitrogens with two attached hydrogens (primary N) is 3. The second-order valence-corrected chi connectivity index (χ2v) is 2.75. The lowest BCUT2D eigenvalue weighted by Gasteiger charge is -2.10. The predicted octanol–water partition coefficient (Wildman–Crippen LogP) is -1.94. The van der Waals surface area contributed by atoms with Gasteiger partial charge in [-0.3, -0.25) is 10.1 Å². The Kier molecular flexibility index (Phi) is 6.43. The first-order chi connectivity index (χ1) is 6.07. The molecule has 0 bridgehead atoms. The molecule has 0 aromatic rings. The lowest BCUT2D eigenvalue weighted by atomic mass is 10.2. The highest BCUT2D eigenvalue weighted by atomic mass is 16.5. The summed E-state index contributed by atoms with van der Waals surface area (Å²) in [7, 11) is 1.32. The van der Waals surface area contributed by atoms with Crippen molar-refractivity contribution in [2.75, 3.05) is 13.7 Å². The van der Waals surface area contributed by atoms with E-state index in [9.17, 15) is 4.79 Å². The largest absolute Gasteiger partial charge is 0.468 e. The first-order valence-electron chi connectivity index (χ1n) is 4.16. The molecule has 0 rings (SSSR count). The number of esters is 1. The molecule has 13 heavy (non-hydrogen) atoms. The quantitative estimate of drug-likeness (QED) is 0.220. The number of hydrogen-bond acceptors (Lipinski definition) is 6. The van der Waals surface area contributed by atoms with Gasteiger partial charge in [0.25, 0.3) is 0 Å². The van der Waals surface area contributed by atoms with Gasteiger partial charge in [-0.05, 0) is 19.4 Å². The number of hydrogen-bond donors (Lipinski definition) is 4. The van der Waals surface area contributed by atoms with Crippen molar-refractivity contribution in [3.05, 3.63) is 0 Å². The third kappa shape index (κ3) is 6.47. The summed E-state index contributed by atoms with van der Waals surface area (Å²) in [5.74, 6) is -0.392. The van der Waals surface area contributed by atoms with Gasteiger partial charge >= 0.3 is 5.97 Å². The van der Waals surface area contributed by atoms with Gasteiger partial charge in [-0.15, -0.1) is 0 Å². The number of methoxy groups -OCH3 is 1. The van der Waals surface area contributed by atoms with Crippen LogP contribution in [0.2, 0.25) is 0 Å². The molecule has 0 aliphatic carbocycles. The normalized spacial score (nSPS) is 13.0. The van der Waals surface area contributed by atoms with Crippen LogP contribution in [0.1, 0.15) is 12.8 Å².